The highest BCUT2D eigenvalue weighted by Gasteiger charge is 2.62. The van der Waals surface area contributed by atoms with Gasteiger partial charge in [0, 0.05) is 0 Å². The second-order valence-corrected chi connectivity index (χ2v) is 6.99. The van der Waals surface area contributed by atoms with E-state index >= 15 is 0 Å². The number of rotatable bonds is 0. The molecule has 2 saturated carbocycles. The first-order valence-electron chi connectivity index (χ1n) is 6.65. The van der Waals surface area contributed by atoms with E-state index in [0.29, 0.717) is 10.8 Å². The van der Waals surface area contributed by atoms with Crippen molar-refractivity contribution in [2.75, 3.05) is 0 Å². The Morgan fingerprint density at radius 1 is 1.27 bits per heavy atom. The van der Waals surface area contributed by atoms with E-state index in [1.807, 2.05) is 0 Å². The summed E-state index contributed by atoms with van der Waals surface area (Å²) in [6.45, 7) is 9.94. The Labute approximate surface area is 94.1 Å². The molecule has 15 heavy (non-hydrogen) atoms. The Morgan fingerprint density at radius 3 is 2.73 bits per heavy atom. The lowest BCUT2D eigenvalue weighted by Crippen LogP contribution is -2.30. The highest BCUT2D eigenvalue weighted by atomic mass is 14.7. The van der Waals surface area contributed by atoms with E-state index in [1.54, 1.807) is 5.57 Å². The second kappa shape index (κ2) is 2.70. The molecule has 0 radical (unpaired) electrons. The van der Waals surface area contributed by atoms with Gasteiger partial charge in [0.25, 0.3) is 0 Å². The molecule has 0 amide bonds. The summed E-state index contributed by atoms with van der Waals surface area (Å²) < 4.78 is 0. The van der Waals surface area contributed by atoms with Crippen LogP contribution in [-0.2, 0) is 0 Å². The Balaban J connectivity index is 2.11. The van der Waals surface area contributed by atoms with Gasteiger partial charge in [0.15, 0.2) is 0 Å². The van der Waals surface area contributed by atoms with Gasteiger partial charge >= 0.3 is 0 Å². The molecule has 1 spiro atoms. The summed E-state index contributed by atoms with van der Waals surface area (Å²) in [5, 5.41) is 0. The normalized spacial score (nSPS) is 51.5. The third kappa shape index (κ3) is 0.990. The topological polar surface area (TPSA) is 0 Å². The molecule has 0 aromatic heterocycles. The summed E-state index contributed by atoms with van der Waals surface area (Å²) in [5.74, 6) is 2.86. The average Bonchev–Trinajstić information content (AvgIpc) is 2.57. The largest absolute Gasteiger partial charge is 0.0847 e. The Hall–Kier alpha value is -0.260. The lowest BCUT2D eigenvalue weighted by molar-refractivity contribution is 0.128. The smallest absolute Gasteiger partial charge is 0.0146 e. The Kier molecular flexibility index (Phi) is 1.79. The van der Waals surface area contributed by atoms with Gasteiger partial charge in [0.05, 0.1) is 0 Å². The summed E-state index contributed by atoms with van der Waals surface area (Å²) in [6, 6.07) is 0. The van der Waals surface area contributed by atoms with Crippen molar-refractivity contribution in [3.8, 4) is 0 Å². The van der Waals surface area contributed by atoms with E-state index in [2.05, 4.69) is 33.8 Å². The van der Waals surface area contributed by atoms with E-state index in [0.717, 1.165) is 17.8 Å². The molecule has 0 N–H and O–H groups in total. The predicted octanol–water partition coefficient (Wildman–Crippen LogP) is 4.42. The molecule has 0 aliphatic heterocycles. The number of hydrogen-bond acceptors (Lipinski definition) is 0. The van der Waals surface area contributed by atoms with Gasteiger partial charge in [-0.2, -0.15) is 0 Å². The fourth-order valence-corrected chi connectivity index (χ4v) is 5.35. The minimum absolute atomic E-state index is 0.571. The molecule has 0 aromatic carbocycles. The van der Waals surface area contributed by atoms with Crippen LogP contribution in [0.3, 0.4) is 0 Å². The highest BCUT2D eigenvalue weighted by Crippen LogP contribution is 2.71. The van der Waals surface area contributed by atoms with Crippen LogP contribution in [0.25, 0.3) is 0 Å². The van der Waals surface area contributed by atoms with E-state index < -0.39 is 0 Å². The van der Waals surface area contributed by atoms with Crippen molar-refractivity contribution in [1.82, 2.24) is 0 Å². The standard InChI is InChI=1S/C15H24/c1-10-7-8-15-9-12(10)14(3,4)13(15)6-5-11(15)2/h7,11-13H,5-6,8-9H2,1-4H3/t11-,12?,13?,15?/m0/s1. The zero-order valence-corrected chi connectivity index (χ0v) is 10.6. The van der Waals surface area contributed by atoms with Crippen molar-refractivity contribution < 1.29 is 0 Å². The van der Waals surface area contributed by atoms with Crippen LogP contribution >= 0.6 is 0 Å². The first-order chi connectivity index (χ1) is 6.98. The first kappa shape index (κ1) is 9.93. The summed E-state index contributed by atoms with van der Waals surface area (Å²) >= 11 is 0. The van der Waals surface area contributed by atoms with E-state index in [9.17, 15) is 0 Å². The Morgan fingerprint density at radius 2 is 2.00 bits per heavy atom. The van der Waals surface area contributed by atoms with Crippen LogP contribution in [0, 0.1) is 28.6 Å². The van der Waals surface area contributed by atoms with Gasteiger partial charge in [0.2, 0.25) is 0 Å². The molecule has 3 aliphatic rings. The average molecular weight is 204 g/mol. The van der Waals surface area contributed by atoms with Crippen molar-refractivity contribution >= 4 is 0 Å². The van der Waals surface area contributed by atoms with Crippen molar-refractivity contribution in [1.29, 1.82) is 0 Å². The van der Waals surface area contributed by atoms with Crippen molar-refractivity contribution in [3.05, 3.63) is 11.6 Å². The van der Waals surface area contributed by atoms with Crippen LogP contribution in [0.5, 0.6) is 0 Å². The summed E-state index contributed by atoms with van der Waals surface area (Å²) in [5.41, 5.74) is 2.96. The molecule has 84 valence electrons. The number of allylic oxidation sites excluding steroid dienone is 2. The highest BCUT2D eigenvalue weighted by molar-refractivity contribution is 5.25. The molecule has 0 nitrogen and oxygen atoms in total. The van der Waals surface area contributed by atoms with E-state index in [1.165, 1.54) is 25.7 Å². The molecule has 0 saturated heterocycles. The summed E-state index contributed by atoms with van der Waals surface area (Å²) in [6.07, 6.45) is 8.41. The van der Waals surface area contributed by atoms with Crippen LogP contribution in [-0.4, -0.2) is 0 Å². The van der Waals surface area contributed by atoms with Gasteiger partial charge in [-0.15, -0.1) is 0 Å². The van der Waals surface area contributed by atoms with Gasteiger partial charge in [-0.05, 0) is 61.2 Å². The zero-order valence-electron chi connectivity index (χ0n) is 10.6. The SMILES string of the molecule is CC1=CCC23CC1C(C)(C)C2CC[C@@H]3C. The predicted molar refractivity (Wildman–Crippen MR) is 64.6 cm³/mol. The number of hydrogen-bond donors (Lipinski definition) is 0. The van der Waals surface area contributed by atoms with Crippen molar-refractivity contribution in [3.63, 3.8) is 0 Å². The molecule has 0 aromatic rings. The summed E-state index contributed by atoms with van der Waals surface area (Å²) in [7, 11) is 0. The maximum atomic E-state index is 2.57. The maximum Gasteiger partial charge on any atom is -0.0146 e. The van der Waals surface area contributed by atoms with Gasteiger partial charge in [0.1, 0.15) is 0 Å². The molecular weight excluding hydrogens is 180 g/mol. The molecule has 0 heterocycles. The minimum Gasteiger partial charge on any atom is -0.0847 e. The molecule has 3 unspecified atom stereocenters. The van der Waals surface area contributed by atoms with Crippen LogP contribution in [0.15, 0.2) is 11.6 Å². The van der Waals surface area contributed by atoms with Crippen LogP contribution < -0.4 is 0 Å². The monoisotopic (exact) mass is 204 g/mol. The molecule has 2 bridgehead atoms. The van der Waals surface area contributed by atoms with Gasteiger partial charge in [-0.1, -0.05) is 32.4 Å². The fraction of sp³-hybridized carbons (Fsp3) is 0.867. The van der Waals surface area contributed by atoms with Crippen molar-refractivity contribution in [2.24, 2.45) is 28.6 Å². The third-order valence-corrected chi connectivity index (χ3v) is 6.30. The second-order valence-electron chi connectivity index (χ2n) is 6.99. The molecule has 3 aliphatic carbocycles. The lowest BCUT2D eigenvalue weighted by atomic mass is 9.68. The van der Waals surface area contributed by atoms with Gasteiger partial charge in [-0.3, -0.25) is 0 Å². The quantitative estimate of drug-likeness (QED) is 0.513. The first-order valence-corrected chi connectivity index (χ1v) is 6.65. The van der Waals surface area contributed by atoms with Crippen molar-refractivity contribution in [2.45, 2.75) is 53.4 Å². The van der Waals surface area contributed by atoms with Crippen LogP contribution in [0.4, 0.5) is 0 Å². The van der Waals surface area contributed by atoms with E-state index in [-0.39, 0.29) is 0 Å². The molecular formula is C15H24. The minimum atomic E-state index is 0.571. The molecule has 3 rings (SSSR count). The lowest BCUT2D eigenvalue weighted by Gasteiger charge is -2.36. The number of fused-ring (bicyclic) bond motifs is 1. The van der Waals surface area contributed by atoms with Gasteiger partial charge in [-0.25, -0.2) is 0 Å². The van der Waals surface area contributed by atoms with Crippen LogP contribution in [0.2, 0.25) is 0 Å². The zero-order chi connectivity index (χ0) is 10.8. The van der Waals surface area contributed by atoms with Crippen LogP contribution in [0.1, 0.15) is 53.4 Å². The fourth-order valence-electron chi connectivity index (χ4n) is 5.35. The molecule has 4 atom stereocenters. The third-order valence-electron chi connectivity index (χ3n) is 6.30. The molecule has 0 heteroatoms. The Bertz CT molecular complexity index is 323. The molecule has 2 fully saturated rings. The van der Waals surface area contributed by atoms with E-state index in [4.69, 9.17) is 0 Å². The van der Waals surface area contributed by atoms with Gasteiger partial charge < -0.3 is 0 Å². The summed E-state index contributed by atoms with van der Waals surface area (Å²) in [4.78, 5) is 0. The maximum absolute atomic E-state index is 2.57.